The van der Waals surface area contributed by atoms with Gasteiger partial charge in [-0.05, 0) is 46.4 Å². The molecule has 3 aromatic rings. The topological polar surface area (TPSA) is 85.3 Å². The van der Waals surface area contributed by atoms with E-state index in [0.717, 1.165) is 11.1 Å². The van der Waals surface area contributed by atoms with Crippen LogP contribution in [0.5, 0.6) is 11.5 Å². The molecule has 0 bridgehead atoms. The molecule has 5 nitrogen and oxygen atoms in total. The Bertz CT molecular complexity index is 1430. The number of esters is 1. The van der Waals surface area contributed by atoms with Crippen molar-refractivity contribution in [2.75, 3.05) is 0 Å². The van der Waals surface area contributed by atoms with Crippen LogP contribution in [0.1, 0.15) is 48.9 Å². The third-order valence-electron chi connectivity index (χ3n) is 5.87. The van der Waals surface area contributed by atoms with Crippen LogP contribution in [-0.4, -0.2) is 5.97 Å². The molecular formula is C29H24Cl2N2O3. The van der Waals surface area contributed by atoms with E-state index in [1.165, 1.54) is 11.6 Å². The quantitative estimate of drug-likeness (QED) is 0.225. The van der Waals surface area contributed by atoms with Crippen molar-refractivity contribution in [3.63, 3.8) is 0 Å². The highest BCUT2D eigenvalue weighted by Gasteiger charge is 2.31. The van der Waals surface area contributed by atoms with E-state index in [4.69, 9.17) is 38.4 Å². The molecular weight excluding hydrogens is 495 g/mol. The second-order valence-corrected chi connectivity index (χ2v) is 10.2. The van der Waals surface area contributed by atoms with Gasteiger partial charge in [-0.3, -0.25) is 0 Å². The fraction of sp³-hybridized carbons (Fsp3) is 0.172. The lowest BCUT2D eigenvalue weighted by Gasteiger charge is -2.27. The average Bonchev–Trinajstić information content (AvgIpc) is 2.83. The molecule has 0 spiro atoms. The van der Waals surface area contributed by atoms with Gasteiger partial charge in [0.25, 0.3) is 0 Å². The number of carbonyl (C=O) groups is 1. The van der Waals surface area contributed by atoms with Crippen LogP contribution in [-0.2, 0) is 10.2 Å². The molecule has 0 saturated heterocycles. The Balaban J connectivity index is 1.55. The van der Waals surface area contributed by atoms with Crippen LogP contribution in [0, 0.1) is 11.3 Å². The molecule has 1 heterocycles. The highest BCUT2D eigenvalue weighted by molar-refractivity contribution is 6.42. The lowest BCUT2D eigenvalue weighted by Crippen LogP contribution is -2.21. The van der Waals surface area contributed by atoms with Crippen LogP contribution in [0.3, 0.4) is 0 Å². The predicted molar refractivity (Wildman–Crippen MR) is 142 cm³/mol. The Morgan fingerprint density at radius 3 is 2.42 bits per heavy atom. The number of halogens is 2. The molecule has 3 aromatic carbocycles. The van der Waals surface area contributed by atoms with E-state index in [1.54, 1.807) is 42.5 Å². The van der Waals surface area contributed by atoms with Gasteiger partial charge in [0.1, 0.15) is 23.1 Å². The summed E-state index contributed by atoms with van der Waals surface area (Å²) in [6.07, 6.45) is 3.07. The van der Waals surface area contributed by atoms with E-state index in [1.807, 2.05) is 24.3 Å². The molecule has 1 atom stereocenters. The minimum atomic E-state index is -0.534. The number of nitrogens with two attached hydrogens (primary N) is 1. The molecule has 0 aromatic heterocycles. The molecule has 1 aliphatic heterocycles. The molecule has 182 valence electrons. The summed E-state index contributed by atoms with van der Waals surface area (Å²) in [5.74, 6) is -0.396. The van der Waals surface area contributed by atoms with Crippen molar-refractivity contribution in [3.8, 4) is 17.6 Å². The molecule has 0 fully saturated rings. The van der Waals surface area contributed by atoms with Crippen LogP contribution >= 0.6 is 23.2 Å². The van der Waals surface area contributed by atoms with E-state index >= 15 is 0 Å². The Morgan fingerprint density at radius 2 is 1.78 bits per heavy atom. The molecule has 0 radical (unpaired) electrons. The first-order valence-electron chi connectivity index (χ1n) is 11.2. The number of hydrogen-bond acceptors (Lipinski definition) is 5. The Morgan fingerprint density at radius 1 is 1.06 bits per heavy atom. The largest absolute Gasteiger partial charge is 0.440 e. The smallest absolute Gasteiger partial charge is 0.336 e. The third kappa shape index (κ3) is 5.41. The summed E-state index contributed by atoms with van der Waals surface area (Å²) in [6, 6.07) is 20.2. The van der Waals surface area contributed by atoms with Gasteiger partial charge < -0.3 is 15.2 Å². The van der Waals surface area contributed by atoms with E-state index in [0.29, 0.717) is 21.4 Å². The number of rotatable bonds is 4. The maximum absolute atomic E-state index is 12.4. The Hall–Kier alpha value is -3.72. The summed E-state index contributed by atoms with van der Waals surface area (Å²) < 4.78 is 11.2. The maximum Gasteiger partial charge on any atom is 0.336 e. The number of fused-ring (bicyclic) bond motifs is 1. The van der Waals surface area contributed by atoms with E-state index in [9.17, 15) is 10.1 Å². The number of nitrogens with zero attached hydrogens (tertiary/aromatic N) is 1. The second-order valence-electron chi connectivity index (χ2n) is 9.42. The molecule has 1 unspecified atom stereocenters. The van der Waals surface area contributed by atoms with Crippen LogP contribution < -0.4 is 15.2 Å². The molecule has 1 aliphatic rings. The number of benzene rings is 3. The van der Waals surface area contributed by atoms with Gasteiger partial charge in [0.2, 0.25) is 5.88 Å². The molecule has 0 saturated carbocycles. The predicted octanol–water partition coefficient (Wildman–Crippen LogP) is 7.13. The van der Waals surface area contributed by atoms with Crippen LogP contribution in [0.25, 0.3) is 6.08 Å². The van der Waals surface area contributed by atoms with E-state index in [2.05, 4.69) is 26.8 Å². The van der Waals surface area contributed by atoms with Crippen molar-refractivity contribution in [3.05, 3.63) is 110 Å². The summed E-state index contributed by atoms with van der Waals surface area (Å²) in [5.41, 5.74) is 9.89. The monoisotopic (exact) mass is 518 g/mol. The highest BCUT2D eigenvalue weighted by Crippen LogP contribution is 2.44. The first-order chi connectivity index (χ1) is 17.1. The zero-order valence-electron chi connectivity index (χ0n) is 20.0. The second kappa shape index (κ2) is 10.1. The van der Waals surface area contributed by atoms with Gasteiger partial charge in [-0.25, -0.2) is 4.79 Å². The SMILES string of the molecule is CC(C)(C)c1ccc(/C=C/C(=O)Oc2ccc3c(c2)OC(N)=C(C#N)C3c2ccc(Cl)c(Cl)c2)cc1. The summed E-state index contributed by atoms with van der Waals surface area (Å²) >= 11 is 12.3. The van der Waals surface area contributed by atoms with E-state index in [-0.39, 0.29) is 22.6 Å². The Labute approximate surface area is 220 Å². The van der Waals surface area contributed by atoms with Crippen LogP contribution in [0.15, 0.2) is 78.2 Å². The van der Waals surface area contributed by atoms with Gasteiger partial charge in [0.15, 0.2) is 0 Å². The van der Waals surface area contributed by atoms with Gasteiger partial charge in [0, 0.05) is 17.7 Å². The minimum Gasteiger partial charge on any atom is -0.440 e. The van der Waals surface area contributed by atoms with Crippen LogP contribution in [0.2, 0.25) is 10.0 Å². The first-order valence-corrected chi connectivity index (χ1v) is 12.0. The maximum atomic E-state index is 12.4. The normalized spacial score (nSPS) is 15.3. The lowest BCUT2D eigenvalue weighted by molar-refractivity contribution is -0.128. The van der Waals surface area contributed by atoms with Gasteiger partial charge in [0.05, 0.1) is 16.0 Å². The zero-order valence-corrected chi connectivity index (χ0v) is 21.5. The van der Waals surface area contributed by atoms with Crippen molar-refractivity contribution in [1.82, 2.24) is 0 Å². The summed E-state index contributed by atoms with van der Waals surface area (Å²) in [6.45, 7) is 6.44. The standard InChI is InChI=1S/C29H24Cl2N2O3/c1-29(2,3)19-8-4-17(5-9-19)6-13-26(34)35-20-10-11-21-25(15-20)36-28(33)22(16-32)27(21)18-7-12-23(30)24(31)14-18/h4-15,27H,33H2,1-3H3/b13-6+. The molecule has 7 heteroatoms. The molecule has 4 rings (SSSR count). The van der Waals surface area contributed by atoms with E-state index < -0.39 is 11.9 Å². The number of carbonyl (C=O) groups excluding carboxylic acids is 1. The van der Waals surface area contributed by atoms with Gasteiger partial charge >= 0.3 is 5.97 Å². The van der Waals surface area contributed by atoms with Crippen LogP contribution in [0.4, 0.5) is 0 Å². The van der Waals surface area contributed by atoms with Crippen molar-refractivity contribution < 1.29 is 14.3 Å². The molecule has 2 N–H and O–H groups in total. The van der Waals surface area contributed by atoms with Crippen molar-refractivity contribution in [2.24, 2.45) is 5.73 Å². The lowest BCUT2D eigenvalue weighted by atomic mass is 9.83. The summed E-state index contributed by atoms with van der Waals surface area (Å²) in [5, 5.41) is 10.5. The number of nitriles is 1. The van der Waals surface area contributed by atoms with Gasteiger partial charge in [-0.2, -0.15) is 5.26 Å². The third-order valence-corrected chi connectivity index (χ3v) is 6.61. The minimum absolute atomic E-state index is 0.0249. The number of ether oxygens (including phenoxy) is 2. The van der Waals surface area contributed by atoms with Crippen molar-refractivity contribution in [1.29, 1.82) is 5.26 Å². The average molecular weight is 519 g/mol. The van der Waals surface area contributed by atoms with Crippen molar-refractivity contribution in [2.45, 2.75) is 32.1 Å². The van der Waals surface area contributed by atoms with Gasteiger partial charge in [-0.15, -0.1) is 0 Å². The Kier molecular flexibility index (Phi) is 7.12. The summed E-state index contributed by atoms with van der Waals surface area (Å²) in [7, 11) is 0. The molecule has 36 heavy (non-hydrogen) atoms. The van der Waals surface area contributed by atoms with Crippen molar-refractivity contribution >= 4 is 35.2 Å². The zero-order chi connectivity index (χ0) is 26.0. The summed E-state index contributed by atoms with van der Waals surface area (Å²) in [4.78, 5) is 12.4. The first kappa shape index (κ1) is 25.4. The molecule has 0 aliphatic carbocycles. The number of allylic oxidation sites excluding steroid dienone is 1. The fourth-order valence-corrected chi connectivity index (χ4v) is 4.25. The molecule has 0 amide bonds. The number of hydrogen-bond donors (Lipinski definition) is 1. The fourth-order valence-electron chi connectivity index (χ4n) is 3.94. The van der Waals surface area contributed by atoms with Gasteiger partial charge in [-0.1, -0.05) is 80.4 Å². The highest BCUT2D eigenvalue weighted by atomic mass is 35.5.